The topological polar surface area (TPSA) is 79.3 Å². The molecule has 0 radical (unpaired) electrons. The van der Waals surface area contributed by atoms with Gasteiger partial charge in [-0.2, -0.15) is 0 Å². The fourth-order valence-electron chi connectivity index (χ4n) is 10.7. The highest BCUT2D eigenvalue weighted by molar-refractivity contribution is 6.80. The van der Waals surface area contributed by atoms with Gasteiger partial charge < -0.3 is 24.4 Å². The van der Waals surface area contributed by atoms with Gasteiger partial charge in [-0.1, -0.05) is 32.9 Å². The molecule has 2 amide bonds. The summed E-state index contributed by atoms with van der Waals surface area (Å²) in [6.45, 7) is 9.27. The first-order chi connectivity index (χ1) is 20.7. The van der Waals surface area contributed by atoms with E-state index in [2.05, 4.69) is 29.8 Å². The maximum Gasteiger partial charge on any atom is 0.263 e. The third kappa shape index (κ3) is 5.59. The van der Waals surface area contributed by atoms with Gasteiger partial charge in [-0.15, -0.1) is 0 Å². The zero-order chi connectivity index (χ0) is 30.4. The largest absolute Gasteiger partial charge is 0.396 e. The number of allylic oxidation sites excluding steroid dienone is 1. The zero-order valence-electron chi connectivity index (χ0n) is 27.5. The van der Waals surface area contributed by atoms with E-state index in [0.717, 1.165) is 90.1 Å². The normalized spacial score (nSPS) is 39.2. The van der Waals surface area contributed by atoms with Crippen LogP contribution in [0.2, 0.25) is 24.2 Å². The molecule has 7 nitrogen and oxygen atoms in total. The van der Waals surface area contributed by atoms with Crippen LogP contribution in [0.5, 0.6) is 0 Å². The fourth-order valence-corrected chi connectivity index (χ4v) is 15.8. The average Bonchev–Trinajstić information content (AvgIpc) is 3.45. The van der Waals surface area contributed by atoms with Gasteiger partial charge in [0.15, 0.2) is 5.60 Å². The Labute approximate surface area is 261 Å². The van der Waals surface area contributed by atoms with Gasteiger partial charge in [0, 0.05) is 50.9 Å². The van der Waals surface area contributed by atoms with E-state index in [1.54, 1.807) is 0 Å². The minimum Gasteiger partial charge on any atom is -0.396 e. The maximum atomic E-state index is 14.9. The van der Waals surface area contributed by atoms with Crippen molar-refractivity contribution in [2.45, 2.75) is 158 Å². The number of methoxy groups -OCH3 is 1. The molecule has 1 spiro atoms. The van der Waals surface area contributed by atoms with Crippen LogP contribution in [-0.4, -0.2) is 85.5 Å². The number of hydrogen-bond acceptors (Lipinski definition) is 5. The minimum absolute atomic E-state index is 0.0566. The Morgan fingerprint density at radius 3 is 2.33 bits per heavy atom. The number of nitrogens with zero attached hydrogens (tertiary/aromatic N) is 2. The van der Waals surface area contributed by atoms with Gasteiger partial charge in [-0.25, -0.2) is 0 Å². The molecule has 6 aliphatic rings. The molecule has 3 aliphatic heterocycles. The summed E-state index contributed by atoms with van der Waals surface area (Å²) in [6.07, 6.45) is 17.0. The predicted octanol–water partition coefficient (Wildman–Crippen LogP) is 6.42. The molecule has 242 valence electrons. The molecule has 4 atom stereocenters. The second-order valence-electron chi connectivity index (χ2n) is 15.5. The third-order valence-corrected chi connectivity index (χ3v) is 18.4. The van der Waals surface area contributed by atoms with Crippen molar-refractivity contribution in [2.75, 3.05) is 26.8 Å². The van der Waals surface area contributed by atoms with Gasteiger partial charge >= 0.3 is 0 Å². The van der Waals surface area contributed by atoms with Crippen LogP contribution < -0.4 is 0 Å². The molecule has 8 heteroatoms. The maximum absolute atomic E-state index is 14.9. The smallest absolute Gasteiger partial charge is 0.263 e. The Balaban J connectivity index is 1.21. The fraction of sp³-hybridized carbons (Fsp3) is 0.886. The van der Waals surface area contributed by atoms with Gasteiger partial charge in [-0.05, 0) is 106 Å². The number of amides is 2. The Morgan fingerprint density at radius 2 is 1.65 bits per heavy atom. The quantitative estimate of drug-likeness (QED) is 0.319. The monoisotopic (exact) mass is 614 g/mol. The van der Waals surface area contributed by atoms with Crippen molar-refractivity contribution < 1.29 is 24.2 Å². The SMILES string of the molecule is COC1CCC([Si](C)(C)[C@H]2[C@H](CCO)O[C@@]3(C(=O)N(CC4CCC(N5CCCCC5=O)CC4)C4=C3CCCC4)[C@@H]2C)CC1. The lowest BCUT2D eigenvalue weighted by Gasteiger charge is -2.45. The molecule has 4 fully saturated rings. The summed E-state index contributed by atoms with van der Waals surface area (Å²) >= 11 is 0. The first-order valence-corrected chi connectivity index (χ1v) is 21.0. The highest BCUT2D eigenvalue weighted by Crippen LogP contribution is 2.61. The van der Waals surface area contributed by atoms with E-state index < -0.39 is 13.7 Å². The molecule has 0 aromatic rings. The van der Waals surface area contributed by atoms with Crippen LogP contribution in [0.4, 0.5) is 0 Å². The predicted molar refractivity (Wildman–Crippen MR) is 171 cm³/mol. The first-order valence-electron chi connectivity index (χ1n) is 17.9. The lowest BCUT2D eigenvalue weighted by atomic mass is 9.78. The summed E-state index contributed by atoms with van der Waals surface area (Å²) in [5, 5.41) is 10.2. The number of carbonyl (C=O) groups excluding carboxylic acids is 2. The standard InChI is InChI=1S/C35H58N2O5Si/c1-24-33(43(3,4)28-18-16-27(41-2)17-19-28)31(20-22-38)42-35(24)29-9-5-6-10-30(29)37(34(35)40)23-25-12-14-26(15-13-25)36-21-8-7-11-32(36)39/h24-28,31,33,38H,5-23H2,1-4H3/t24-,25?,26?,27?,28?,31+,33-,35+/m1/s1. The molecule has 2 saturated heterocycles. The molecule has 6 rings (SSSR count). The molecular formula is C35H58N2O5Si. The molecule has 0 bridgehead atoms. The number of aliphatic hydroxyl groups excluding tert-OH is 1. The Morgan fingerprint density at radius 1 is 0.953 bits per heavy atom. The van der Waals surface area contributed by atoms with Gasteiger partial charge in [0.05, 0.1) is 20.3 Å². The summed E-state index contributed by atoms with van der Waals surface area (Å²) < 4.78 is 12.9. The van der Waals surface area contributed by atoms with Crippen molar-refractivity contribution >= 4 is 19.9 Å². The number of ether oxygens (including phenoxy) is 2. The average molecular weight is 615 g/mol. The van der Waals surface area contributed by atoms with Gasteiger partial charge in [0.25, 0.3) is 5.91 Å². The molecule has 43 heavy (non-hydrogen) atoms. The minimum atomic E-state index is -1.87. The summed E-state index contributed by atoms with van der Waals surface area (Å²) in [5.74, 6) is 1.17. The second kappa shape index (κ2) is 12.9. The number of hydrogen-bond donors (Lipinski definition) is 1. The van der Waals surface area contributed by atoms with E-state index in [-0.39, 0.29) is 24.5 Å². The second-order valence-corrected chi connectivity index (χ2v) is 20.6. The molecule has 0 unspecified atom stereocenters. The van der Waals surface area contributed by atoms with Crippen LogP contribution >= 0.6 is 0 Å². The van der Waals surface area contributed by atoms with Crippen molar-refractivity contribution in [3.05, 3.63) is 11.3 Å². The molecule has 0 aromatic heterocycles. The molecule has 1 N–H and O–H groups in total. The zero-order valence-corrected chi connectivity index (χ0v) is 28.5. The number of likely N-dealkylation sites (tertiary alicyclic amines) is 1. The van der Waals surface area contributed by atoms with Crippen molar-refractivity contribution in [3.63, 3.8) is 0 Å². The Bertz CT molecular complexity index is 1060. The van der Waals surface area contributed by atoms with E-state index in [1.807, 2.05) is 7.11 Å². The van der Waals surface area contributed by atoms with Crippen LogP contribution in [0.25, 0.3) is 0 Å². The van der Waals surface area contributed by atoms with Crippen LogP contribution in [0.3, 0.4) is 0 Å². The molecule has 2 saturated carbocycles. The molecule has 3 heterocycles. The third-order valence-electron chi connectivity index (χ3n) is 13.1. The highest BCUT2D eigenvalue weighted by Gasteiger charge is 2.67. The van der Waals surface area contributed by atoms with Crippen LogP contribution in [0.1, 0.15) is 110 Å². The number of rotatable bonds is 8. The van der Waals surface area contributed by atoms with Crippen molar-refractivity contribution in [1.29, 1.82) is 0 Å². The van der Waals surface area contributed by atoms with Gasteiger partial charge in [0.2, 0.25) is 5.91 Å². The lowest BCUT2D eigenvalue weighted by Crippen LogP contribution is -2.51. The molecule has 0 aromatic carbocycles. The van der Waals surface area contributed by atoms with E-state index in [1.165, 1.54) is 24.1 Å². The van der Waals surface area contributed by atoms with E-state index in [4.69, 9.17) is 9.47 Å². The van der Waals surface area contributed by atoms with Crippen LogP contribution in [-0.2, 0) is 19.1 Å². The van der Waals surface area contributed by atoms with Gasteiger partial charge in [0.1, 0.15) is 0 Å². The summed E-state index contributed by atoms with van der Waals surface area (Å²) in [6, 6.07) is 0.387. The summed E-state index contributed by atoms with van der Waals surface area (Å²) in [7, 11) is -0.0235. The van der Waals surface area contributed by atoms with Crippen molar-refractivity contribution in [3.8, 4) is 0 Å². The van der Waals surface area contributed by atoms with Gasteiger partial charge in [-0.3, -0.25) is 9.59 Å². The molecular weight excluding hydrogens is 556 g/mol. The first kappa shape index (κ1) is 31.7. The van der Waals surface area contributed by atoms with E-state index in [9.17, 15) is 14.7 Å². The number of carbonyl (C=O) groups is 2. The Kier molecular flexibility index (Phi) is 9.51. The number of aliphatic hydroxyl groups is 1. The lowest BCUT2D eigenvalue weighted by molar-refractivity contribution is -0.150. The number of piperidine rings is 1. The molecule has 3 aliphatic carbocycles. The van der Waals surface area contributed by atoms with Crippen molar-refractivity contribution in [2.24, 2.45) is 11.8 Å². The highest BCUT2D eigenvalue weighted by atomic mass is 28.3. The van der Waals surface area contributed by atoms with Crippen molar-refractivity contribution in [1.82, 2.24) is 9.80 Å². The van der Waals surface area contributed by atoms with Crippen LogP contribution in [0.15, 0.2) is 11.3 Å². The van der Waals surface area contributed by atoms with E-state index in [0.29, 0.717) is 47.9 Å². The number of fused-ring (bicyclic) bond motifs is 1. The summed E-state index contributed by atoms with van der Waals surface area (Å²) in [4.78, 5) is 31.8. The Hall–Kier alpha value is -1.22. The van der Waals surface area contributed by atoms with Crippen LogP contribution in [0, 0.1) is 11.8 Å². The summed E-state index contributed by atoms with van der Waals surface area (Å²) in [5.41, 5.74) is 2.77. The van der Waals surface area contributed by atoms with E-state index >= 15 is 0 Å².